The first-order valence-corrected chi connectivity index (χ1v) is 6.05. The molecule has 90 valence electrons. The van der Waals surface area contributed by atoms with Gasteiger partial charge in [0.05, 0.1) is 16.1 Å². The van der Waals surface area contributed by atoms with E-state index in [1.807, 2.05) is 13.8 Å². The van der Waals surface area contributed by atoms with E-state index in [9.17, 15) is 4.79 Å². The molecular formula is C12H12Cl2N2O. The number of hydrogen-bond acceptors (Lipinski definition) is 1. The Balaban J connectivity index is 2.70. The molecule has 0 atom stereocenters. The van der Waals surface area contributed by atoms with Crippen LogP contribution in [-0.4, -0.2) is 17.4 Å². The fourth-order valence-electron chi connectivity index (χ4n) is 1.89. The second-order valence-corrected chi connectivity index (χ2v) is 4.64. The number of amides is 1. The molecule has 1 amide bonds. The lowest BCUT2D eigenvalue weighted by atomic mass is 10.1. The molecule has 0 aliphatic heterocycles. The Kier molecular flexibility index (Phi) is 3.31. The number of hydrogen-bond donors (Lipinski definition) is 2. The van der Waals surface area contributed by atoms with E-state index in [0.717, 1.165) is 16.6 Å². The average Bonchev–Trinajstić information content (AvgIpc) is 2.55. The van der Waals surface area contributed by atoms with Crippen LogP contribution in [-0.2, 0) is 0 Å². The van der Waals surface area contributed by atoms with Gasteiger partial charge in [0.1, 0.15) is 0 Å². The number of carbonyl (C=O) groups excluding carboxylic acids is 1. The van der Waals surface area contributed by atoms with E-state index in [1.54, 1.807) is 12.1 Å². The molecule has 2 rings (SSSR count). The monoisotopic (exact) mass is 270 g/mol. The summed E-state index contributed by atoms with van der Waals surface area (Å²) in [4.78, 5) is 15.1. The van der Waals surface area contributed by atoms with E-state index in [2.05, 4.69) is 10.3 Å². The minimum Gasteiger partial charge on any atom is -0.357 e. The van der Waals surface area contributed by atoms with Gasteiger partial charge in [-0.1, -0.05) is 23.2 Å². The van der Waals surface area contributed by atoms with E-state index in [-0.39, 0.29) is 5.91 Å². The first-order valence-electron chi connectivity index (χ1n) is 5.30. The van der Waals surface area contributed by atoms with Gasteiger partial charge in [-0.3, -0.25) is 4.79 Å². The molecule has 1 heterocycles. The van der Waals surface area contributed by atoms with Gasteiger partial charge in [-0.05, 0) is 26.0 Å². The average molecular weight is 271 g/mol. The maximum Gasteiger partial charge on any atom is 0.253 e. The molecule has 0 unspecified atom stereocenters. The molecule has 1 aromatic heterocycles. The molecule has 0 bridgehead atoms. The molecule has 3 nitrogen and oxygen atoms in total. The lowest BCUT2D eigenvalue weighted by molar-refractivity contribution is 0.0957. The Morgan fingerprint density at radius 3 is 2.76 bits per heavy atom. The number of benzene rings is 1. The predicted molar refractivity (Wildman–Crippen MR) is 71.1 cm³/mol. The summed E-state index contributed by atoms with van der Waals surface area (Å²) in [6.07, 6.45) is 0. The highest BCUT2D eigenvalue weighted by atomic mass is 35.5. The van der Waals surface area contributed by atoms with Crippen molar-refractivity contribution in [2.24, 2.45) is 0 Å². The van der Waals surface area contributed by atoms with Gasteiger partial charge < -0.3 is 10.3 Å². The summed E-state index contributed by atoms with van der Waals surface area (Å²) in [5.74, 6) is -0.116. The van der Waals surface area contributed by atoms with Crippen LogP contribution in [0.5, 0.6) is 0 Å². The number of rotatable bonds is 2. The summed E-state index contributed by atoms with van der Waals surface area (Å²) in [7, 11) is 0. The lowest BCUT2D eigenvalue weighted by Gasteiger charge is -2.02. The molecule has 0 radical (unpaired) electrons. The molecular weight excluding hydrogens is 259 g/mol. The van der Waals surface area contributed by atoms with Gasteiger partial charge in [0.25, 0.3) is 5.91 Å². The third kappa shape index (κ3) is 2.13. The van der Waals surface area contributed by atoms with Gasteiger partial charge in [0.2, 0.25) is 0 Å². The van der Waals surface area contributed by atoms with E-state index < -0.39 is 0 Å². The summed E-state index contributed by atoms with van der Waals surface area (Å²) in [6.45, 7) is 4.30. The van der Waals surface area contributed by atoms with Crippen LogP contribution >= 0.6 is 23.2 Å². The van der Waals surface area contributed by atoms with E-state index in [4.69, 9.17) is 23.2 Å². The Bertz CT molecular complexity index is 590. The third-order valence-electron chi connectivity index (χ3n) is 2.58. The molecule has 5 heteroatoms. The number of aryl methyl sites for hydroxylation is 1. The molecule has 0 aliphatic rings. The Morgan fingerprint density at radius 1 is 1.41 bits per heavy atom. The fraction of sp³-hybridized carbons (Fsp3) is 0.250. The van der Waals surface area contributed by atoms with E-state index >= 15 is 0 Å². The van der Waals surface area contributed by atoms with Crippen LogP contribution < -0.4 is 5.32 Å². The molecule has 0 saturated carbocycles. The number of aromatic nitrogens is 1. The fourth-order valence-corrected chi connectivity index (χ4v) is 2.43. The number of fused-ring (bicyclic) bond motifs is 1. The summed E-state index contributed by atoms with van der Waals surface area (Å²) in [5.41, 5.74) is 2.14. The van der Waals surface area contributed by atoms with Crippen LogP contribution in [0.1, 0.15) is 23.0 Å². The summed E-state index contributed by atoms with van der Waals surface area (Å²) < 4.78 is 0. The smallest absolute Gasteiger partial charge is 0.253 e. The molecule has 0 saturated heterocycles. The molecule has 2 N–H and O–H groups in total. The zero-order valence-electron chi connectivity index (χ0n) is 9.53. The van der Waals surface area contributed by atoms with Crippen molar-refractivity contribution in [3.63, 3.8) is 0 Å². The van der Waals surface area contributed by atoms with Crippen molar-refractivity contribution in [3.8, 4) is 0 Å². The molecule has 2 aromatic rings. The minimum atomic E-state index is -0.116. The minimum absolute atomic E-state index is 0.116. The Morgan fingerprint density at radius 2 is 2.12 bits per heavy atom. The molecule has 0 spiro atoms. The topological polar surface area (TPSA) is 44.9 Å². The van der Waals surface area contributed by atoms with Crippen LogP contribution in [0.4, 0.5) is 0 Å². The number of halogens is 2. The zero-order chi connectivity index (χ0) is 12.6. The van der Waals surface area contributed by atoms with E-state index in [0.29, 0.717) is 22.2 Å². The third-order valence-corrected chi connectivity index (χ3v) is 3.09. The summed E-state index contributed by atoms with van der Waals surface area (Å²) in [5, 5.41) is 4.57. The van der Waals surface area contributed by atoms with E-state index in [1.165, 1.54) is 0 Å². The Hall–Kier alpha value is -1.19. The molecule has 1 aromatic carbocycles. The maximum absolute atomic E-state index is 11.9. The van der Waals surface area contributed by atoms with Gasteiger partial charge in [0, 0.05) is 22.6 Å². The first-order chi connectivity index (χ1) is 8.04. The largest absolute Gasteiger partial charge is 0.357 e. The van der Waals surface area contributed by atoms with Crippen LogP contribution in [0.25, 0.3) is 10.9 Å². The predicted octanol–water partition coefficient (Wildman–Crippen LogP) is 3.53. The number of nitrogens with one attached hydrogen (secondary N) is 2. The molecule has 0 aliphatic carbocycles. The standard InChI is InChI=1S/C12H12Cl2N2O/c1-3-15-12(17)10-6(2)16-11-8(10)4-7(13)5-9(11)14/h4-5,16H,3H2,1-2H3,(H,15,17). The second kappa shape index (κ2) is 4.59. The van der Waals surface area contributed by atoms with Crippen LogP contribution in [0.3, 0.4) is 0 Å². The van der Waals surface area contributed by atoms with Crippen molar-refractivity contribution in [1.29, 1.82) is 0 Å². The van der Waals surface area contributed by atoms with Crippen LogP contribution in [0.2, 0.25) is 10.0 Å². The Labute approximate surface area is 109 Å². The van der Waals surface area contributed by atoms with Crippen molar-refractivity contribution in [1.82, 2.24) is 10.3 Å². The molecule has 17 heavy (non-hydrogen) atoms. The highest BCUT2D eigenvalue weighted by molar-refractivity contribution is 6.39. The van der Waals surface area contributed by atoms with Crippen molar-refractivity contribution < 1.29 is 4.79 Å². The molecule has 0 fully saturated rings. The van der Waals surface area contributed by atoms with Crippen LogP contribution in [0.15, 0.2) is 12.1 Å². The highest BCUT2D eigenvalue weighted by Crippen LogP contribution is 2.31. The van der Waals surface area contributed by atoms with Crippen LogP contribution in [0, 0.1) is 6.92 Å². The number of H-pyrrole nitrogens is 1. The van der Waals surface area contributed by atoms with Crippen molar-refractivity contribution in [2.75, 3.05) is 6.54 Å². The van der Waals surface area contributed by atoms with Crippen molar-refractivity contribution >= 4 is 40.0 Å². The van der Waals surface area contributed by atoms with Gasteiger partial charge in [-0.15, -0.1) is 0 Å². The number of carbonyl (C=O) groups is 1. The maximum atomic E-state index is 11.9. The van der Waals surface area contributed by atoms with Gasteiger partial charge in [0.15, 0.2) is 0 Å². The summed E-state index contributed by atoms with van der Waals surface area (Å²) in [6, 6.07) is 3.40. The van der Waals surface area contributed by atoms with Crippen molar-refractivity contribution in [3.05, 3.63) is 33.4 Å². The lowest BCUT2D eigenvalue weighted by Crippen LogP contribution is -2.23. The normalized spacial score (nSPS) is 10.8. The van der Waals surface area contributed by atoms with Crippen molar-refractivity contribution in [2.45, 2.75) is 13.8 Å². The van der Waals surface area contributed by atoms with Gasteiger partial charge in [-0.2, -0.15) is 0 Å². The quantitative estimate of drug-likeness (QED) is 0.862. The number of aromatic amines is 1. The second-order valence-electron chi connectivity index (χ2n) is 3.79. The SMILES string of the molecule is CCNC(=O)c1c(C)[nH]c2c(Cl)cc(Cl)cc12. The van der Waals surface area contributed by atoms with Gasteiger partial charge in [-0.25, -0.2) is 0 Å². The van der Waals surface area contributed by atoms with Gasteiger partial charge >= 0.3 is 0 Å². The zero-order valence-corrected chi connectivity index (χ0v) is 11.0. The highest BCUT2D eigenvalue weighted by Gasteiger charge is 2.17. The summed E-state index contributed by atoms with van der Waals surface area (Å²) >= 11 is 12.0. The first kappa shape index (κ1) is 12.3.